The summed E-state index contributed by atoms with van der Waals surface area (Å²) >= 11 is 0. The van der Waals surface area contributed by atoms with Gasteiger partial charge < -0.3 is 4.74 Å². The number of ether oxygens (including phenoxy) is 1. The molecule has 0 spiro atoms. The number of carbonyl (C=O) groups is 1. The molecule has 0 fully saturated rings. The maximum absolute atomic E-state index is 11.0. The third-order valence-electron chi connectivity index (χ3n) is 3.07. The molecule has 0 aromatic heterocycles. The van der Waals surface area contributed by atoms with Crippen LogP contribution in [0.15, 0.2) is 23.8 Å². The second kappa shape index (κ2) is 4.65. The fourth-order valence-corrected chi connectivity index (χ4v) is 1.86. The van der Waals surface area contributed by atoms with Crippen LogP contribution < -0.4 is 0 Å². The highest BCUT2D eigenvalue weighted by molar-refractivity contribution is 5.82. The Kier molecular flexibility index (Phi) is 3.72. The molecule has 0 saturated carbocycles. The minimum atomic E-state index is -0.287. The van der Waals surface area contributed by atoms with Gasteiger partial charge in [-0.05, 0) is 29.7 Å². The van der Waals surface area contributed by atoms with Crippen LogP contribution in [0, 0.1) is 11.3 Å². The second-order valence-corrected chi connectivity index (χ2v) is 4.88. The van der Waals surface area contributed by atoms with E-state index in [1.807, 2.05) is 6.08 Å². The number of hydrogen-bond donors (Lipinski definition) is 0. The van der Waals surface area contributed by atoms with Crippen molar-refractivity contribution in [3.8, 4) is 0 Å². The molecule has 0 aromatic carbocycles. The number of methoxy groups -OCH3 is 1. The molecule has 1 unspecified atom stereocenters. The first-order valence-electron chi connectivity index (χ1n) is 5.44. The predicted molar refractivity (Wildman–Crippen MR) is 61.4 cm³/mol. The van der Waals surface area contributed by atoms with Gasteiger partial charge in [0.15, 0.2) is 0 Å². The van der Waals surface area contributed by atoms with Gasteiger partial charge in [0.1, 0.15) is 0 Å². The number of esters is 1. The smallest absolute Gasteiger partial charge is 0.330 e. The maximum atomic E-state index is 11.0. The van der Waals surface area contributed by atoms with Crippen LogP contribution >= 0.6 is 0 Å². The Morgan fingerprint density at radius 3 is 2.87 bits per heavy atom. The van der Waals surface area contributed by atoms with Crippen LogP contribution in [0.5, 0.6) is 0 Å². The molecule has 0 aromatic rings. The van der Waals surface area contributed by atoms with E-state index in [1.165, 1.54) is 31.6 Å². The molecule has 0 bridgehead atoms. The highest BCUT2D eigenvalue weighted by Crippen LogP contribution is 2.39. The highest BCUT2D eigenvalue weighted by atomic mass is 16.5. The molecular weight excluding hydrogens is 188 g/mol. The van der Waals surface area contributed by atoms with Crippen molar-refractivity contribution >= 4 is 5.97 Å². The van der Waals surface area contributed by atoms with E-state index in [2.05, 4.69) is 31.6 Å². The lowest BCUT2D eigenvalue weighted by Crippen LogP contribution is -2.20. The van der Waals surface area contributed by atoms with Gasteiger partial charge in [0.25, 0.3) is 0 Å². The summed E-state index contributed by atoms with van der Waals surface area (Å²) < 4.78 is 4.58. The summed E-state index contributed by atoms with van der Waals surface area (Å²) in [6.07, 6.45) is 8.05. The van der Waals surface area contributed by atoms with E-state index in [1.54, 1.807) is 0 Å². The van der Waals surface area contributed by atoms with Gasteiger partial charge in [-0.1, -0.05) is 32.9 Å². The summed E-state index contributed by atoms with van der Waals surface area (Å²) in [7, 11) is 1.40. The number of allylic oxidation sites excluding steroid dienone is 3. The lowest BCUT2D eigenvalue weighted by atomic mass is 9.73. The molecule has 2 heteroatoms. The molecule has 15 heavy (non-hydrogen) atoms. The average Bonchev–Trinajstić information content (AvgIpc) is 2.19. The molecule has 2 nitrogen and oxygen atoms in total. The van der Waals surface area contributed by atoms with E-state index >= 15 is 0 Å². The Morgan fingerprint density at radius 1 is 1.60 bits per heavy atom. The Morgan fingerprint density at radius 2 is 2.27 bits per heavy atom. The highest BCUT2D eigenvalue weighted by Gasteiger charge is 2.26. The average molecular weight is 208 g/mol. The van der Waals surface area contributed by atoms with Crippen LogP contribution in [-0.4, -0.2) is 13.1 Å². The third-order valence-corrected chi connectivity index (χ3v) is 3.07. The molecule has 0 aliphatic heterocycles. The zero-order chi connectivity index (χ0) is 11.5. The van der Waals surface area contributed by atoms with Crippen LogP contribution in [0.2, 0.25) is 0 Å². The molecular formula is C13H20O2. The van der Waals surface area contributed by atoms with Gasteiger partial charge >= 0.3 is 5.97 Å². The summed E-state index contributed by atoms with van der Waals surface area (Å²) in [5, 5.41) is 0. The van der Waals surface area contributed by atoms with E-state index in [0.717, 1.165) is 0 Å². The summed E-state index contributed by atoms with van der Waals surface area (Å²) in [5.74, 6) is 0.320. The number of carbonyl (C=O) groups excluding carboxylic acids is 1. The zero-order valence-electron chi connectivity index (χ0n) is 10.0. The van der Waals surface area contributed by atoms with Crippen molar-refractivity contribution in [3.63, 3.8) is 0 Å². The zero-order valence-corrected chi connectivity index (χ0v) is 10.0. The summed E-state index contributed by atoms with van der Waals surface area (Å²) in [6, 6.07) is 0. The Balaban J connectivity index is 2.81. The van der Waals surface area contributed by atoms with Crippen LogP contribution in [-0.2, 0) is 9.53 Å². The van der Waals surface area contributed by atoms with Crippen molar-refractivity contribution in [1.29, 1.82) is 0 Å². The van der Waals surface area contributed by atoms with Crippen LogP contribution in [0.4, 0.5) is 0 Å². The molecule has 1 atom stereocenters. The molecule has 0 saturated heterocycles. The van der Waals surface area contributed by atoms with Gasteiger partial charge in [-0.25, -0.2) is 4.79 Å². The monoisotopic (exact) mass is 208 g/mol. The van der Waals surface area contributed by atoms with Crippen molar-refractivity contribution in [3.05, 3.63) is 23.8 Å². The molecule has 0 radical (unpaired) electrons. The number of rotatable bonds is 2. The Hall–Kier alpha value is -1.05. The molecule has 0 heterocycles. The molecule has 0 N–H and O–H groups in total. The summed E-state index contributed by atoms with van der Waals surface area (Å²) in [5.41, 5.74) is 1.42. The minimum Gasteiger partial charge on any atom is -0.466 e. The molecule has 1 aliphatic rings. The van der Waals surface area contributed by atoms with E-state index in [9.17, 15) is 4.79 Å². The fourth-order valence-electron chi connectivity index (χ4n) is 1.86. The lowest BCUT2D eigenvalue weighted by molar-refractivity contribution is -0.134. The first-order valence-corrected chi connectivity index (χ1v) is 5.44. The van der Waals surface area contributed by atoms with Crippen molar-refractivity contribution < 1.29 is 9.53 Å². The van der Waals surface area contributed by atoms with Gasteiger partial charge in [-0.15, -0.1) is 0 Å². The van der Waals surface area contributed by atoms with Crippen molar-refractivity contribution in [2.24, 2.45) is 11.3 Å². The topological polar surface area (TPSA) is 26.3 Å². The van der Waals surface area contributed by atoms with Crippen molar-refractivity contribution in [2.75, 3.05) is 7.11 Å². The quantitative estimate of drug-likeness (QED) is 0.515. The first kappa shape index (κ1) is 12.0. The largest absolute Gasteiger partial charge is 0.466 e. The van der Waals surface area contributed by atoms with E-state index < -0.39 is 0 Å². The van der Waals surface area contributed by atoms with Gasteiger partial charge in [0.2, 0.25) is 0 Å². The van der Waals surface area contributed by atoms with E-state index in [-0.39, 0.29) is 11.4 Å². The SMILES string of the molecule is COC(=O)/C=C/C1=CC(C)CCC1(C)C. The van der Waals surface area contributed by atoms with Crippen LogP contribution in [0.25, 0.3) is 0 Å². The van der Waals surface area contributed by atoms with Gasteiger partial charge in [-0.2, -0.15) is 0 Å². The fraction of sp³-hybridized carbons (Fsp3) is 0.615. The third kappa shape index (κ3) is 3.22. The van der Waals surface area contributed by atoms with Crippen LogP contribution in [0.3, 0.4) is 0 Å². The summed E-state index contributed by atoms with van der Waals surface area (Å²) in [4.78, 5) is 11.0. The Bertz CT molecular complexity index is 298. The Labute approximate surface area is 92.0 Å². The van der Waals surface area contributed by atoms with Gasteiger partial charge in [-0.3, -0.25) is 0 Å². The second-order valence-electron chi connectivity index (χ2n) is 4.88. The predicted octanol–water partition coefficient (Wildman–Crippen LogP) is 3.10. The van der Waals surface area contributed by atoms with Crippen LogP contribution in [0.1, 0.15) is 33.6 Å². The molecule has 0 amide bonds. The standard InChI is InChI=1S/C13H20O2/c1-10-7-8-13(2,3)11(9-10)5-6-12(14)15-4/h5-6,9-10H,7-8H2,1-4H3/b6-5+. The number of hydrogen-bond acceptors (Lipinski definition) is 2. The van der Waals surface area contributed by atoms with E-state index in [4.69, 9.17) is 0 Å². The molecule has 84 valence electrons. The maximum Gasteiger partial charge on any atom is 0.330 e. The van der Waals surface area contributed by atoms with E-state index in [0.29, 0.717) is 5.92 Å². The minimum absolute atomic E-state index is 0.178. The van der Waals surface area contributed by atoms with Gasteiger partial charge in [0.05, 0.1) is 7.11 Å². The van der Waals surface area contributed by atoms with Gasteiger partial charge in [0, 0.05) is 6.08 Å². The van der Waals surface area contributed by atoms with Crippen molar-refractivity contribution in [2.45, 2.75) is 33.6 Å². The first-order chi connectivity index (χ1) is 6.95. The normalized spacial score (nSPS) is 25.1. The molecule has 1 rings (SSSR count). The van der Waals surface area contributed by atoms with Crippen molar-refractivity contribution in [1.82, 2.24) is 0 Å². The molecule has 1 aliphatic carbocycles. The summed E-state index contributed by atoms with van der Waals surface area (Å²) in [6.45, 7) is 6.64. The lowest BCUT2D eigenvalue weighted by Gasteiger charge is -2.32.